The second kappa shape index (κ2) is 7.58. The van der Waals surface area contributed by atoms with Gasteiger partial charge in [0.25, 0.3) is 0 Å². The smallest absolute Gasteiger partial charge is 0.119 e. The van der Waals surface area contributed by atoms with Gasteiger partial charge in [-0.1, -0.05) is 12.1 Å². The maximum Gasteiger partial charge on any atom is 0.119 e. The second-order valence-corrected chi connectivity index (χ2v) is 7.58. The van der Waals surface area contributed by atoms with Gasteiger partial charge in [0.2, 0.25) is 0 Å². The molecule has 1 unspecified atom stereocenters. The van der Waals surface area contributed by atoms with Crippen molar-refractivity contribution in [3.8, 4) is 11.5 Å². The lowest BCUT2D eigenvalue weighted by atomic mass is 10.1. The average Bonchev–Trinajstić information content (AvgIpc) is 3.38. The first-order valence-corrected chi connectivity index (χ1v) is 9.67. The molecule has 0 radical (unpaired) electrons. The fourth-order valence-corrected chi connectivity index (χ4v) is 3.35. The quantitative estimate of drug-likeness (QED) is 0.813. The molecule has 0 aromatic heterocycles. The fraction of sp³-hybridized carbons (Fsp3) is 0.455. The lowest BCUT2D eigenvalue weighted by Crippen LogP contribution is -2.24. The Balaban J connectivity index is 1.29. The maximum atomic E-state index is 6.15. The number of hydrogen-bond donors (Lipinski definition) is 1. The van der Waals surface area contributed by atoms with Crippen LogP contribution in [0.1, 0.15) is 37.8 Å². The van der Waals surface area contributed by atoms with E-state index < -0.39 is 0 Å². The minimum absolute atomic E-state index is 0.0576. The Morgan fingerprint density at radius 3 is 2.35 bits per heavy atom. The van der Waals surface area contributed by atoms with Gasteiger partial charge in [-0.15, -0.1) is 0 Å². The van der Waals surface area contributed by atoms with Crippen LogP contribution in [0.15, 0.2) is 48.5 Å². The van der Waals surface area contributed by atoms with Crippen LogP contribution in [0.4, 0.5) is 5.69 Å². The fourth-order valence-electron chi connectivity index (χ4n) is 3.35. The van der Waals surface area contributed by atoms with Gasteiger partial charge >= 0.3 is 0 Å². The molecule has 2 fully saturated rings. The number of rotatable bonds is 7. The van der Waals surface area contributed by atoms with Gasteiger partial charge in [0.15, 0.2) is 0 Å². The number of hydrogen-bond acceptors (Lipinski definition) is 4. The zero-order valence-electron chi connectivity index (χ0n) is 15.4. The largest absolute Gasteiger partial charge is 0.493 e. The van der Waals surface area contributed by atoms with Crippen LogP contribution in [-0.4, -0.2) is 25.8 Å². The monoisotopic (exact) mass is 352 g/mol. The Hall–Kier alpha value is -2.20. The van der Waals surface area contributed by atoms with Crippen molar-refractivity contribution in [3.63, 3.8) is 0 Å². The number of ether oxygens (including phenoxy) is 2. The van der Waals surface area contributed by atoms with Crippen molar-refractivity contribution in [1.29, 1.82) is 0 Å². The SMILES string of the molecule is C[C@H](N)c1ccc(OC2CCN(c3ccc(OCC4CC4)cc3)C2)cc1. The average molecular weight is 352 g/mol. The van der Waals surface area contributed by atoms with Gasteiger partial charge < -0.3 is 20.1 Å². The lowest BCUT2D eigenvalue weighted by Gasteiger charge is -2.19. The molecule has 2 aromatic rings. The standard InChI is InChI=1S/C22H28N2O2/c1-16(23)18-4-8-21(9-5-18)26-22-12-13-24(14-22)19-6-10-20(11-7-19)25-15-17-2-3-17/h4-11,16-17,22H,2-3,12-15,23H2,1H3/t16-,22?/m0/s1. The first-order valence-electron chi connectivity index (χ1n) is 9.67. The number of nitrogens with zero attached hydrogens (tertiary/aromatic N) is 1. The topological polar surface area (TPSA) is 47.7 Å². The van der Waals surface area contributed by atoms with Gasteiger partial charge in [-0.2, -0.15) is 0 Å². The summed E-state index contributed by atoms with van der Waals surface area (Å²) in [6.07, 6.45) is 3.90. The highest BCUT2D eigenvalue weighted by Crippen LogP contribution is 2.30. The van der Waals surface area contributed by atoms with Crippen molar-refractivity contribution < 1.29 is 9.47 Å². The maximum absolute atomic E-state index is 6.15. The number of benzene rings is 2. The van der Waals surface area contributed by atoms with E-state index in [0.717, 1.165) is 49.1 Å². The molecule has 2 atom stereocenters. The summed E-state index contributed by atoms with van der Waals surface area (Å²) < 4.78 is 12.0. The summed E-state index contributed by atoms with van der Waals surface area (Å²) in [6, 6.07) is 16.7. The molecule has 4 nitrogen and oxygen atoms in total. The van der Waals surface area contributed by atoms with E-state index in [1.807, 2.05) is 31.2 Å². The highest BCUT2D eigenvalue weighted by molar-refractivity contribution is 5.50. The minimum atomic E-state index is 0.0576. The van der Waals surface area contributed by atoms with Crippen LogP contribution < -0.4 is 20.1 Å². The van der Waals surface area contributed by atoms with E-state index in [9.17, 15) is 0 Å². The van der Waals surface area contributed by atoms with Gasteiger partial charge in [-0.3, -0.25) is 0 Å². The molecule has 1 aliphatic heterocycles. The summed E-state index contributed by atoms with van der Waals surface area (Å²) in [5.41, 5.74) is 8.27. The molecule has 1 saturated heterocycles. The molecule has 1 heterocycles. The summed E-state index contributed by atoms with van der Waals surface area (Å²) in [5.74, 6) is 2.68. The molecule has 4 rings (SSSR count). The van der Waals surface area contributed by atoms with Crippen molar-refractivity contribution in [1.82, 2.24) is 0 Å². The normalized spacial score (nSPS) is 20.8. The summed E-state index contributed by atoms with van der Waals surface area (Å²) >= 11 is 0. The molecular weight excluding hydrogens is 324 g/mol. The van der Waals surface area contributed by atoms with E-state index in [1.54, 1.807) is 0 Å². The van der Waals surface area contributed by atoms with Crippen molar-refractivity contribution in [3.05, 3.63) is 54.1 Å². The van der Waals surface area contributed by atoms with Crippen LogP contribution in [0.3, 0.4) is 0 Å². The highest BCUT2D eigenvalue weighted by Gasteiger charge is 2.25. The third-order valence-corrected chi connectivity index (χ3v) is 5.24. The Labute approximate surface area is 155 Å². The molecule has 0 spiro atoms. The molecule has 2 aromatic carbocycles. The van der Waals surface area contributed by atoms with Crippen molar-refractivity contribution in [2.45, 2.75) is 38.3 Å². The van der Waals surface area contributed by atoms with Gasteiger partial charge in [-0.05, 0) is 67.6 Å². The van der Waals surface area contributed by atoms with Crippen LogP contribution in [0.25, 0.3) is 0 Å². The lowest BCUT2D eigenvalue weighted by molar-refractivity contribution is 0.225. The van der Waals surface area contributed by atoms with E-state index in [1.165, 1.54) is 18.5 Å². The van der Waals surface area contributed by atoms with Crippen molar-refractivity contribution in [2.24, 2.45) is 11.7 Å². The van der Waals surface area contributed by atoms with Crippen LogP contribution in [-0.2, 0) is 0 Å². The highest BCUT2D eigenvalue weighted by atomic mass is 16.5. The molecular formula is C22H28N2O2. The van der Waals surface area contributed by atoms with E-state index in [-0.39, 0.29) is 12.1 Å². The van der Waals surface area contributed by atoms with E-state index >= 15 is 0 Å². The molecule has 1 saturated carbocycles. The Bertz CT molecular complexity index is 708. The predicted octanol–water partition coefficient (Wildman–Crippen LogP) is 4.15. The first-order chi connectivity index (χ1) is 12.7. The van der Waals surface area contributed by atoms with Crippen LogP contribution in [0.5, 0.6) is 11.5 Å². The summed E-state index contributed by atoms with van der Waals surface area (Å²) in [6.45, 7) is 4.79. The molecule has 2 N–H and O–H groups in total. The Morgan fingerprint density at radius 2 is 1.69 bits per heavy atom. The summed E-state index contributed by atoms with van der Waals surface area (Å²) in [5, 5.41) is 0. The molecule has 0 bridgehead atoms. The third kappa shape index (κ3) is 4.31. The summed E-state index contributed by atoms with van der Waals surface area (Å²) in [4.78, 5) is 2.38. The van der Waals surface area contributed by atoms with Gasteiger partial charge in [0.1, 0.15) is 17.6 Å². The number of anilines is 1. The van der Waals surface area contributed by atoms with Gasteiger partial charge in [0.05, 0.1) is 13.2 Å². The number of nitrogens with two attached hydrogens (primary N) is 1. The zero-order valence-corrected chi connectivity index (χ0v) is 15.4. The van der Waals surface area contributed by atoms with Crippen molar-refractivity contribution >= 4 is 5.69 Å². The van der Waals surface area contributed by atoms with Crippen LogP contribution >= 0.6 is 0 Å². The van der Waals surface area contributed by atoms with Crippen molar-refractivity contribution in [2.75, 3.05) is 24.6 Å². The van der Waals surface area contributed by atoms with E-state index in [2.05, 4.69) is 29.2 Å². The van der Waals surface area contributed by atoms with Gasteiger partial charge in [-0.25, -0.2) is 0 Å². The minimum Gasteiger partial charge on any atom is -0.493 e. The molecule has 2 aliphatic rings. The zero-order chi connectivity index (χ0) is 17.9. The molecule has 138 valence electrons. The van der Waals surface area contributed by atoms with Crippen LogP contribution in [0, 0.1) is 5.92 Å². The molecule has 26 heavy (non-hydrogen) atoms. The first kappa shape index (κ1) is 17.2. The summed E-state index contributed by atoms with van der Waals surface area (Å²) in [7, 11) is 0. The van der Waals surface area contributed by atoms with E-state index in [0.29, 0.717) is 0 Å². The Morgan fingerprint density at radius 1 is 1.00 bits per heavy atom. The van der Waals surface area contributed by atoms with Crippen LogP contribution in [0.2, 0.25) is 0 Å². The molecule has 1 aliphatic carbocycles. The molecule has 0 amide bonds. The van der Waals surface area contributed by atoms with E-state index in [4.69, 9.17) is 15.2 Å². The molecule has 4 heteroatoms. The predicted molar refractivity (Wildman–Crippen MR) is 105 cm³/mol. The third-order valence-electron chi connectivity index (χ3n) is 5.24. The Kier molecular flexibility index (Phi) is 5.02. The van der Waals surface area contributed by atoms with Gasteiger partial charge in [0, 0.05) is 24.7 Å². The second-order valence-electron chi connectivity index (χ2n) is 7.58.